The van der Waals surface area contributed by atoms with Gasteiger partial charge in [0.25, 0.3) is 0 Å². The highest BCUT2D eigenvalue weighted by Crippen LogP contribution is 2.35. The highest BCUT2D eigenvalue weighted by molar-refractivity contribution is 5.89. The summed E-state index contributed by atoms with van der Waals surface area (Å²) in [7, 11) is 0. The third-order valence-electron chi connectivity index (χ3n) is 2.10. The van der Waals surface area contributed by atoms with E-state index in [2.05, 4.69) is 9.97 Å². The van der Waals surface area contributed by atoms with E-state index < -0.39 is 29.2 Å². The Morgan fingerprint density at radius 1 is 0.909 bits per heavy atom. The van der Waals surface area contributed by atoms with Gasteiger partial charge in [-0.05, 0) is 12.1 Å². The Hall–Kier alpha value is -3.40. The van der Waals surface area contributed by atoms with Crippen LogP contribution in [0.2, 0.25) is 0 Å². The standard InChI is InChI=1S/C7H6O5.C5H4N2O2.H2O/c8-4-1-3(7(11)12)2-5(9)6(4)10;8-5(9)4-3-6-1-2-7-4;/h1-2,8-10H,(H,11,12);1-3H,(H,8,9);1H2. The molecule has 10 heteroatoms. The van der Waals surface area contributed by atoms with E-state index in [4.69, 9.17) is 25.5 Å². The first kappa shape index (κ1) is 18.6. The zero-order valence-electron chi connectivity index (χ0n) is 10.8. The number of hydrogen-bond acceptors (Lipinski definition) is 7. The van der Waals surface area contributed by atoms with Crippen LogP contribution in [0.1, 0.15) is 20.8 Å². The fraction of sp³-hybridized carbons (Fsp3) is 0. The number of carboxylic acids is 2. The third kappa shape index (κ3) is 4.94. The second kappa shape index (κ2) is 8.01. The van der Waals surface area contributed by atoms with E-state index >= 15 is 0 Å². The molecule has 7 N–H and O–H groups in total. The zero-order valence-corrected chi connectivity index (χ0v) is 10.8. The summed E-state index contributed by atoms with van der Waals surface area (Å²) in [5.41, 5.74) is -0.319. The minimum absolute atomic E-state index is 0. The van der Waals surface area contributed by atoms with Gasteiger partial charge in [0.2, 0.25) is 0 Å². The van der Waals surface area contributed by atoms with E-state index in [0.29, 0.717) is 0 Å². The maximum Gasteiger partial charge on any atom is 0.356 e. The monoisotopic (exact) mass is 312 g/mol. The van der Waals surface area contributed by atoms with Crippen LogP contribution in [0.15, 0.2) is 30.7 Å². The van der Waals surface area contributed by atoms with Gasteiger partial charge in [-0.3, -0.25) is 4.98 Å². The van der Waals surface area contributed by atoms with Crippen molar-refractivity contribution in [3.63, 3.8) is 0 Å². The Morgan fingerprint density at radius 2 is 1.45 bits per heavy atom. The zero-order chi connectivity index (χ0) is 16.0. The lowest BCUT2D eigenvalue weighted by Gasteiger charge is -2.01. The van der Waals surface area contributed by atoms with Crippen LogP contribution in [0.4, 0.5) is 0 Å². The Balaban J connectivity index is 0.000000397. The van der Waals surface area contributed by atoms with Crippen molar-refractivity contribution in [1.29, 1.82) is 0 Å². The molecule has 10 nitrogen and oxygen atoms in total. The number of nitrogens with zero attached hydrogens (tertiary/aromatic N) is 2. The first-order chi connectivity index (χ1) is 9.82. The van der Waals surface area contributed by atoms with Crippen LogP contribution in [0.3, 0.4) is 0 Å². The van der Waals surface area contributed by atoms with Gasteiger partial charge in [-0.25, -0.2) is 14.6 Å². The van der Waals surface area contributed by atoms with Gasteiger partial charge in [0.1, 0.15) is 0 Å². The van der Waals surface area contributed by atoms with Crippen LogP contribution in [0.25, 0.3) is 0 Å². The van der Waals surface area contributed by atoms with E-state index in [1.807, 2.05) is 0 Å². The van der Waals surface area contributed by atoms with Crippen LogP contribution in [-0.2, 0) is 0 Å². The Kier molecular flexibility index (Phi) is 6.78. The number of phenolic OH excluding ortho intramolecular Hbond substituents is 3. The number of carbonyl (C=O) groups is 2. The van der Waals surface area contributed by atoms with E-state index in [-0.39, 0.29) is 16.7 Å². The lowest BCUT2D eigenvalue weighted by atomic mass is 10.2. The van der Waals surface area contributed by atoms with Crippen molar-refractivity contribution in [2.45, 2.75) is 0 Å². The molecule has 0 atom stereocenters. The molecule has 22 heavy (non-hydrogen) atoms. The minimum atomic E-state index is -1.29. The number of aromatic nitrogens is 2. The maximum atomic E-state index is 10.3. The molecule has 0 aliphatic heterocycles. The fourth-order valence-electron chi connectivity index (χ4n) is 1.14. The number of benzene rings is 1. The third-order valence-corrected chi connectivity index (χ3v) is 2.10. The lowest BCUT2D eigenvalue weighted by Crippen LogP contribution is -1.99. The van der Waals surface area contributed by atoms with Crippen molar-refractivity contribution in [3.05, 3.63) is 42.0 Å². The van der Waals surface area contributed by atoms with Crippen LogP contribution >= 0.6 is 0 Å². The molecular formula is C12H12N2O8. The molecule has 0 amide bonds. The summed E-state index contributed by atoms with van der Waals surface area (Å²) < 4.78 is 0. The topological polar surface area (TPSA) is 193 Å². The van der Waals surface area contributed by atoms with E-state index in [9.17, 15) is 9.59 Å². The number of aromatic hydroxyl groups is 3. The van der Waals surface area contributed by atoms with Gasteiger partial charge < -0.3 is 31.0 Å². The molecule has 0 saturated heterocycles. The van der Waals surface area contributed by atoms with E-state index in [0.717, 1.165) is 12.1 Å². The summed E-state index contributed by atoms with van der Waals surface area (Å²) >= 11 is 0. The quantitative estimate of drug-likeness (QED) is 0.469. The molecule has 0 saturated carbocycles. The van der Waals surface area contributed by atoms with Crippen LogP contribution in [-0.4, -0.2) is 52.9 Å². The molecule has 0 radical (unpaired) electrons. The largest absolute Gasteiger partial charge is 0.504 e. The molecule has 2 aromatic rings. The van der Waals surface area contributed by atoms with E-state index in [1.54, 1.807) is 0 Å². The van der Waals surface area contributed by atoms with Gasteiger partial charge in [-0.1, -0.05) is 0 Å². The molecule has 0 aliphatic carbocycles. The maximum absolute atomic E-state index is 10.3. The Morgan fingerprint density at radius 3 is 1.77 bits per heavy atom. The summed E-state index contributed by atoms with van der Waals surface area (Å²) in [4.78, 5) is 27.5. The summed E-state index contributed by atoms with van der Waals surface area (Å²) in [5.74, 6) is -4.39. The predicted molar refractivity (Wildman–Crippen MR) is 71.0 cm³/mol. The van der Waals surface area contributed by atoms with Gasteiger partial charge in [-0.15, -0.1) is 0 Å². The Bertz CT molecular complexity index is 636. The normalized spacial score (nSPS) is 8.91. The molecular weight excluding hydrogens is 300 g/mol. The first-order valence-electron chi connectivity index (χ1n) is 5.30. The second-order valence-corrected chi connectivity index (χ2v) is 3.56. The highest BCUT2D eigenvalue weighted by Gasteiger charge is 2.11. The van der Waals surface area contributed by atoms with Crippen LogP contribution in [0.5, 0.6) is 17.2 Å². The molecule has 118 valence electrons. The number of phenols is 3. The van der Waals surface area contributed by atoms with Gasteiger partial charge >= 0.3 is 11.9 Å². The number of hydrogen-bond donors (Lipinski definition) is 5. The van der Waals surface area contributed by atoms with Crippen molar-refractivity contribution < 1.29 is 40.6 Å². The molecule has 0 unspecified atom stereocenters. The number of rotatable bonds is 2. The van der Waals surface area contributed by atoms with Crippen molar-refractivity contribution >= 4 is 11.9 Å². The van der Waals surface area contributed by atoms with Gasteiger partial charge in [0, 0.05) is 12.4 Å². The molecule has 0 spiro atoms. The van der Waals surface area contributed by atoms with Crippen molar-refractivity contribution in [1.82, 2.24) is 9.97 Å². The molecule has 2 rings (SSSR count). The molecule has 1 aromatic carbocycles. The smallest absolute Gasteiger partial charge is 0.356 e. The average molecular weight is 312 g/mol. The van der Waals surface area contributed by atoms with Crippen molar-refractivity contribution in [2.24, 2.45) is 0 Å². The van der Waals surface area contributed by atoms with Gasteiger partial charge in [-0.2, -0.15) is 0 Å². The molecule has 0 bridgehead atoms. The highest BCUT2D eigenvalue weighted by atomic mass is 16.4. The predicted octanol–water partition coefficient (Wildman–Crippen LogP) is -0.148. The Labute approximate surface area is 122 Å². The summed E-state index contributed by atoms with van der Waals surface area (Å²) in [5, 5.41) is 43.2. The van der Waals surface area contributed by atoms with Gasteiger partial charge in [0.15, 0.2) is 22.9 Å². The van der Waals surface area contributed by atoms with Gasteiger partial charge in [0.05, 0.1) is 11.8 Å². The number of carboxylic acid groups (broad SMARTS) is 2. The van der Waals surface area contributed by atoms with Crippen molar-refractivity contribution in [3.8, 4) is 17.2 Å². The summed E-state index contributed by atoms with van der Waals surface area (Å²) in [6, 6.07) is 1.69. The molecule has 0 fully saturated rings. The summed E-state index contributed by atoms with van der Waals surface area (Å²) in [6.07, 6.45) is 3.96. The van der Waals surface area contributed by atoms with Crippen LogP contribution < -0.4 is 0 Å². The average Bonchev–Trinajstić information content (AvgIpc) is 2.45. The fourth-order valence-corrected chi connectivity index (χ4v) is 1.14. The lowest BCUT2D eigenvalue weighted by molar-refractivity contribution is 0.0682. The second-order valence-electron chi connectivity index (χ2n) is 3.56. The van der Waals surface area contributed by atoms with Crippen molar-refractivity contribution in [2.75, 3.05) is 0 Å². The summed E-state index contributed by atoms with van der Waals surface area (Å²) in [6.45, 7) is 0. The number of aromatic carboxylic acids is 2. The molecule has 0 aliphatic rings. The van der Waals surface area contributed by atoms with E-state index in [1.165, 1.54) is 18.6 Å². The minimum Gasteiger partial charge on any atom is -0.504 e. The first-order valence-corrected chi connectivity index (χ1v) is 5.30. The molecule has 1 aromatic heterocycles. The van der Waals surface area contributed by atoms with Crippen LogP contribution in [0, 0.1) is 0 Å². The molecule has 1 heterocycles. The SMILES string of the molecule is O.O=C(O)c1cc(O)c(O)c(O)c1.O=C(O)c1cnccn1.